The number of halogens is 2. The van der Waals surface area contributed by atoms with Crippen molar-refractivity contribution < 1.29 is 28.6 Å². The van der Waals surface area contributed by atoms with Gasteiger partial charge in [0.15, 0.2) is 22.4 Å². The van der Waals surface area contributed by atoms with Gasteiger partial charge in [0, 0.05) is 0 Å². The van der Waals surface area contributed by atoms with Crippen LogP contribution in [0.3, 0.4) is 0 Å². The van der Waals surface area contributed by atoms with E-state index in [9.17, 15) is 28.6 Å². The quantitative estimate of drug-likeness (QED) is 0.729. The van der Waals surface area contributed by atoms with Crippen LogP contribution in [0.5, 0.6) is 5.75 Å². The highest BCUT2D eigenvalue weighted by molar-refractivity contribution is 7.14. The van der Waals surface area contributed by atoms with Crippen molar-refractivity contribution in [3.8, 4) is 16.3 Å². The first kappa shape index (κ1) is 18.7. The summed E-state index contributed by atoms with van der Waals surface area (Å²) in [5.41, 5.74) is -1.02. The molecule has 2 fully saturated rings. The molecule has 2 aliphatic rings. The monoisotopic (exact) mass is 410 g/mol. The topological polar surface area (TPSA) is 107 Å². The number of rotatable bonds is 5. The van der Waals surface area contributed by atoms with Crippen LogP contribution >= 0.6 is 11.3 Å². The zero-order valence-corrected chi connectivity index (χ0v) is 15.5. The molecule has 8 nitrogen and oxygen atoms in total. The minimum Gasteiger partial charge on any atom is -0.503 e. The molecule has 0 unspecified atom stereocenters. The predicted octanol–water partition coefficient (Wildman–Crippen LogP) is 1.87. The van der Waals surface area contributed by atoms with E-state index in [2.05, 4.69) is 10.2 Å². The van der Waals surface area contributed by atoms with Gasteiger partial charge in [0.25, 0.3) is 5.91 Å². The Bertz CT molecular complexity index is 978. The normalized spacial score (nSPS) is 19.0. The zero-order valence-electron chi connectivity index (χ0n) is 14.7. The lowest BCUT2D eigenvalue weighted by atomic mass is 10.2. The Hall–Kier alpha value is -2.66. The molecular weight excluding hydrogens is 394 g/mol. The Labute approximate surface area is 162 Å². The second-order valence-electron chi connectivity index (χ2n) is 6.87. The molecule has 28 heavy (non-hydrogen) atoms. The molecule has 1 saturated heterocycles. The largest absolute Gasteiger partial charge is 0.503 e. The number of aliphatic hydroxyl groups is 1. The molecule has 1 aliphatic heterocycles. The number of benzene rings is 1. The van der Waals surface area contributed by atoms with Crippen LogP contribution in [0.25, 0.3) is 10.6 Å². The van der Waals surface area contributed by atoms with Gasteiger partial charge in [-0.1, -0.05) is 11.3 Å². The van der Waals surface area contributed by atoms with Gasteiger partial charge >= 0.3 is 6.03 Å². The fourth-order valence-electron chi connectivity index (χ4n) is 3.30. The van der Waals surface area contributed by atoms with Crippen molar-refractivity contribution >= 4 is 23.3 Å². The summed E-state index contributed by atoms with van der Waals surface area (Å²) in [6.07, 6.45) is 1.05. The number of aliphatic hydroxyl groups excluding tert-OH is 1. The van der Waals surface area contributed by atoms with E-state index in [-0.39, 0.29) is 29.6 Å². The first-order valence-electron chi connectivity index (χ1n) is 8.56. The number of phenols is 1. The number of carbonyl (C=O) groups is 2. The van der Waals surface area contributed by atoms with E-state index < -0.39 is 35.0 Å². The standard InChI is InChI=1S/C17H16F2N4O4S/c1-8(7-24)23-15(26)17(4-5-17)22(16(23)27)6-11-20-21-14(28-11)9-2-3-10(18)13(25)12(9)19/h2-3,8,24-25H,4-7H2,1H3/t8-/m0/s1. The average Bonchev–Trinajstić information content (AvgIpc) is 3.31. The smallest absolute Gasteiger partial charge is 0.328 e. The van der Waals surface area contributed by atoms with Crippen molar-refractivity contribution in [2.24, 2.45) is 0 Å². The van der Waals surface area contributed by atoms with E-state index in [1.54, 1.807) is 6.92 Å². The average molecular weight is 410 g/mol. The van der Waals surface area contributed by atoms with Gasteiger partial charge in [0.05, 0.1) is 24.8 Å². The van der Waals surface area contributed by atoms with E-state index in [1.807, 2.05) is 0 Å². The number of aromatic hydroxyl groups is 1. The number of hydrogen-bond acceptors (Lipinski definition) is 7. The van der Waals surface area contributed by atoms with Crippen molar-refractivity contribution in [3.63, 3.8) is 0 Å². The van der Waals surface area contributed by atoms with Crippen LogP contribution in [-0.2, 0) is 11.3 Å². The fraction of sp³-hybridized carbons (Fsp3) is 0.412. The van der Waals surface area contributed by atoms with Crippen molar-refractivity contribution in [2.45, 2.75) is 37.9 Å². The number of amides is 3. The van der Waals surface area contributed by atoms with Crippen LogP contribution in [-0.4, -0.2) is 60.3 Å². The third-order valence-corrected chi connectivity index (χ3v) is 6.00. The number of nitrogens with zero attached hydrogens (tertiary/aromatic N) is 4. The van der Waals surface area contributed by atoms with Crippen LogP contribution in [0, 0.1) is 11.6 Å². The molecule has 2 aromatic rings. The maximum atomic E-state index is 14.1. The zero-order chi connectivity index (χ0) is 20.2. The highest BCUT2D eigenvalue weighted by atomic mass is 32.1. The molecule has 148 valence electrons. The Kier molecular flexibility index (Phi) is 4.31. The maximum absolute atomic E-state index is 14.1. The van der Waals surface area contributed by atoms with Gasteiger partial charge in [-0.15, -0.1) is 10.2 Å². The summed E-state index contributed by atoms with van der Waals surface area (Å²) in [6.45, 7) is 1.26. The van der Waals surface area contributed by atoms with Gasteiger partial charge in [-0.25, -0.2) is 13.6 Å². The van der Waals surface area contributed by atoms with Gasteiger partial charge in [0.1, 0.15) is 10.5 Å². The first-order valence-corrected chi connectivity index (χ1v) is 9.37. The summed E-state index contributed by atoms with van der Waals surface area (Å²) in [7, 11) is 0. The fourth-order valence-corrected chi connectivity index (χ4v) is 4.15. The van der Waals surface area contributed by atoms with Crippen LogP contribution < -0.4 is 0 Å². The Morgan fingerprint density at radius 2 is 2.00 bits per heavy atom. The van der Waals surface area contributed by atoms with E-state index in [0.717, 1.165) is 28.4 Å². The number of aromatic nitrogens is 2. The number of phenolic OH excluding ortho intramolecular Hbond substituents is 1. The van der Waals surface area contributed by atoms with E-state index >= 15 is 0 Å². The molecule has 1 saturated carbocycles. The molecule has 3 amide bonds. The minimum atomic E-state index is -1.14. The third kappa shape index (κ3) is 2.65. The number of imide groups is 1. The van der Waals surface area contributed by atoms with Crippen molar-refractivity contribution in [2.75, 3.05) is 6.61 Å². The maximum Gasteiger partial charge on any atom is 0.328 e. The minimum absolute atomic E-state index is 0.00564. The van der Waals surface area contributed by atoms with Crippen molar-refractivity contribution in [3.05, 3.63) is 28.8 Å². The third-order valence-electron chi connectivity index (χ3n) is 5.06. The van der Waals surface area contributed by atoms with Gasteiger partial charge in [-0.05, 0) is 31.9 Å². The SMILES string of the molecule is C[C@@H](CO)N1C(=O)N(Cc2nnc(-c3ccc(F)c(O)c3F)s2)C2(CC2)C1=O. The van der Waals surface area contributed by atoms with Gasteiger partial charge in [0.2, 0.25) is 0 Å². The molecular formula is C17H16F2N4O4S. The van der Waals surface area contributed by atoms with Crippen molar-refractivity contribution in [1.29, 1.82) is 0 Å². The van der Waals surface area contributed by atoms with Crippen LogP contribution in [0.4, 0.5) is 13.6 Å². The lowest BCUT2D eigenvalue weighted by molar-refractivity contribution is -0.131. The molecule has 2 N–H and O–H groups in total. The van der Waals surface area contributed by atoms with E-state index in [0.29, 0.717) is 17.8 Å². The molecule has 11 heteroatoms. The van der Waals surface area contributed by atoms with Gasteiger partial charge < -0.3 is 15.1 Å². The molecule has 1 spiro atoms. The summed E-state index contributed by atoms with van der Waals surface area (Å²) in [6, 6.07) is 0.923. The molecule has 4 rings (SSSR count). The van der Waals surface area contributed by atoms with E-state index in [4.69, 9.17) is 0 Å². The lowest BCUT2D eigenvalue weighted by Crippen LogP contribution is -2.41. The van der Waals surface area contributed by atoms with Gasteiger partial charge in [-0.2, -0.15) is 0 Å². The number of hydrogen-bond donors (Lipinski definition) is 2. The van der Waals surface area contributed by atoms with Gasteiger partial charge in [-0.3, -0.25) is 9.69 Å². The molecule has 1 aromatic carbocycles. The molecule has 1 atom stereocenters. The summed E-state index contributed by atoms with van der Waals surface area (Å²) >= 11 is 0.980. The molecule has 0 radical (unpaired) electrons. The summed E-state index contributed by atoms with van der Waals surface area (Å²) in [5, 5.41) is 27.0. The molecule has 2 heterocycles. The highest BCUT2D eigenvalue weighted by Gasteiger charge is 2.65. The summed E-state index contributed by atoms with van der Waals surface area (Å²) in [5.74, 6) is -3.66. The van der Waals surface area contributed by atoms with Crippen LogP contribution in [0.1, 0.15) is 24.8 Å². The highest BCUT2D eigenvalue weighted by Crippen LogP contribution is 2.49. The predicted molar refractivity (Wildman–Crippen MR) is 93.2 cm³/mol. The summed E-state index contributed by atoms with van der Waals surface area (Å²) in [4.78, 5) is 27.8. The Balaban J connectivity index is 1.60. The molecule has 1 aromatic heterocycles. The number of urea groups is 1. The second kappa shape index (κ2) is 6.45. The van der Waals surface area contributed by atoms with Crippen LogP contribution in [0.15, 0.2) is 12.1 Å². The molecule has 0 bridgehead atoms. The summed E-state index contributed by atoms with van der Waals surface area (Å²) < 4.78 is 27.3. The lowest BCUT2D eigenvalue weighted by Gasteiger charge is -2.21. The Morgan fingerprint density at radius 1 is 1.29 bits per heavy atom. The Morgan fingerprint density at radius 3 is 2.64 bits per heavy atom. The first-order chi connectivity index (χ1) is 13.3. The molecule has 1 aliphatic carbocycles. The van der Waals surface area contributed by atoms with E-state index in [1.165, 1.54) is 4.90 Å². The second-order valence-corrected chi connectivity index (χ2v) is 7.93. The van der Waals surface area contributed by atoms with Crippen molar-refractivity contribution in [1.82, 2.24) is 20.0 Å². The van der Waals surface area contributed by atoms with Crippen LogP contribution in [0.2, 0.25) is 0 Å². The number of carbonyl (C=O) groups excluding carboxylic acids is 2.